The predicted molar refractivity (Wildman–Crippen MR) is 56.2 cm³/mol. The Morgan fingerprint density at radius 3 is 1.37 bits per heavy atom. The summed E-state index contributed by atoms with van der Waals surface area (Å²) in [5, 5.41) is 0. The fraction of sp³-hybridized carbons (Fsp3) is 0.250. The zero-order valence-electron chi connectivity index (χ0n) is 8.17. The first kappa shape index (κ1) is 18.3. The van der Waals surface area contributed by atoms with Gasteiger partial charge in [-0.05, 0) is 18.2 Å². The quantitative estimate of drug-likeness (QED) is 0.468. The third-order valence-electron chi connectivity index (χ3n) is 1.86. The SMILES string of the molecule is O=S(=O)(O)c1cc(C(F)(F)F)cc(C(F)(F)F)c1.[GaH3]. The van der Waals surface area contributed by atoms with Crippen molar-refractivity contribution >= 4 is 29.9 Å². The Balaban J connectivity index is 0.00000324. The average Bonchev–Trinajstić information content (AvgIpc) is 2.13. The molecule has 0 saturated carbocycles. The third-order valence-corrected chi connectivity index (χ3v) is 2.69. The first-order valence-corrected chi connectivity index (χ1v) is 5.53. The molecule has 19 heavy (non-hydrogen) atoms. The van der Waals surface area contributed by atoms with Gasteiger partial charge in [-0.2, -0.15) is 34.8 Å². The van der Waals surface area contributed by atoms with E-state index in [0.717, 1.165) is 0 Å². The van der Waals surface area contributed by atoms with Crippen LogP contribution < -0.4 is 0 Å². The molecule has 3 nitrogen and oxygen atoms in total. The molecule has 0 amide bonds. The second-order valence-electron chi connectivity index (χ2n) is 3.22. The molecule has 1 rings (SSSR count). The maximum absolute atomic E-state index is 12.3. The van der Waals surface area contributed by atoms with E-state index < -0.39 is 38.5 Å². The molecule has 0 aliphatic heterocycles. The first-order chi connectivity index (χ1) is 7.82. The van der Waals surface area contributed by atoms with E-state index in [1.165, 1.54) is 0 Å². The predicted octanol–water partition coefficient (Wildman–Crippen LogP) is 1.79. The number of benzene rings is 1. The molecule has 0 heterocycles. The summed E-state index contributed by atoms with van der Waals surface area (Å²) in [7, 11) is -5.17. The summed E-state index contributed by atoms with van der Waals surface area (Å²) in [5.41, 5.74) is -3.63. The normalized spacial score (nSPS) is 13.0. The van der Waals surface area contributed by atoms with Crippen molar-refractivity contribution in [2.75, 3.05) is 0 Å². The van der Waals surface area contributed by atoms with Gasteiger partial charge in [0.15, 0.2) is 0 Å². The molecule has 0 saturated heterocycles. The zero-order chi connectivity index (χ0) is 14.4. The van der Waals surface area contributed by atoms with Crippen LogP contribution in [-0.4, -0.2) is 32.8 Å². The van der Waals surface area contributed by atoms with E-state index in [4.69, 9.17) is 4.55 Å². The van der Waals surface area contributed by atoms with Gasteiger partial charge in [0, 0.05) is 0 Å². The van der Waals surface area contributed by atoms with Crippen molar-refractivity contribution in [2.45, 2.75) is 17.2 Å². The molecule has 0 bridgehead atoms. The number of rotatable bonds is 1. The van der Waals surface area contributed by atoms with E-state index in [9.17, 15) is 34.8 Å². The summed E-state index contributed by atoms with van der Waals surface area (Å²) < 4.78 is 103. The molecule has 0 atom stereocenters. The molecule has 1 aromatic rings. The van der Waals surface area contributed by atoms with Gasteiger partial charge in [-0.25, -0.2) is 0 Å². The first-order valence-electron chi connectivity index (χ1n) is 4.09. The second kappa shape index (κ2) is 5.38. The maximum atomic E-state index is 12.3. The Kier molecular flexibility index (Phi) is 5.20. The summed E-state index contributed by atoms with van der Waals surface area (Å²) >= 11 is 0. The zero-order valence-corrected chi connectivity index (χ0v) is 8.99. The van der Waals surface area contributed by atoms with E-state index in [1.807, 2.05) is 0 Å². The molecule has 0 radical (unpaired) electrons. The van der Waals surface area contributed by atoms with Crippen LogP contribution in [0, 0.1) is 0 Å². The molecule has 0 aliphatic carbocycles. The molecule has 0 fully saturated rings. The van der Waals surface area contributed by atoms with E-state index in [1.54, 1.807) is 0 Å². The molecule has 0 spiro atoms. The van der Waals surface area contributed by atoms with Gasteiger partial charge in [0.05, 0.1) is 16.0 Å². The van der Waals surface area contributed by atoms with Crippen LogP contribution in [0.1, 0.15) is 11.1 Å². The average molecular weight is 367 g/mol. The van der Waals surface area contributed by atoms with E-state index in [-0.39, 0.29) is 38.0 Å². The molecule has 0 aliphatic rings. The van der Waals surface area contributed by atoms with Crippen molar-refractivity contribution in [2.24, 2.45) is 0 Å². The summed E-state index contributed by atoms with van der Waals surface area (Å²) in [5.74, 6) is 0. The molecular weight excluding hydrogens is 360 g/mol. The van der Waals surface area contributed by atoms with Crippen molar-refractivity contribution in [3.8, 4) is 0 Å². The molecule has 0 unspecified atom stereocenters. The Morgan fingerprint density at radius 2 is 1.16 bits per heavy atom. The fourth-order valence-electron chi connectivity index (χ4n) is 1.08. The van der Waals surface area contributed by atoms with E-state index >= 15 is 0 Å². The minimum atomic E-state index is -5.17. The van der Waals surface area contributed by atoms with E-state index in [2.05, 4.69) is 0 Å². The molecule has 1 N–H and O–H groups in total. The van der Waals surface area contributed by atoms with Crippen LogP contribution in [-0.2, 0) is 22.5 Å². The summed E-state index contributed by atoms with van der Waals surface area (Å²) in [6.07, 6.45) is -10.3. The molecule has 1 aromatic carbocycles. The van der Waals surface area contributed by atoms with Crippen LogP contribution in [0.3, 0.4) is 0 Å². The van der Waals surface area contributed by atoms with Gasteiger partial charge in [0.25, 0.3) is 10.1 Å². The summed E-state index contributed by atoms with van der Waals surface area (Å²) in [4.78, 5) is -1.47. The van der Waals surface area contributed by atoms with Crippen molar-refractivity contribution in [3.63, 3.8) is 0 Å². The monoisotopic (exact) mass is 366 g/mol. The number of hydrogen-bond donors (Lipinski definition) is 1. The van der Waals surface area contributed by atoms with Crippen LogP contribution in [0.25, 0.3) is 0 Å². The Labute approximate surface area is 116 Å². The van der Waals surface area contributed by atoms with Gasteiger partial charge < -0.3 is 0 Å². The van der Waals surface area contributed by atoms with E-state index in [0.29, 0.717) is 0 Å². The number of hydrogen-bond acceptors (Lipinski definition) is 2. The molecule has 0 aromatic heterocycles. The van der Waals surface area contributed by atoms with Gasteiger partial charge in [0.2, 0.25) is 0 Å². The standard InChI is InChI=1S/C8H4F6O3S.Ga.3H/c9-7(10,11)4-1-5(8(12,13)14)3-6(2-4)18(15,16)17;;;;/h1-3H,(H,15,16,17);;;;. The van der Waals surface area contributed by atoms with Gasteiger partial charge in [-0.15, -0.1) is 0 Å². The van der Waals surface area contributed by atoms with Crippen LogP contribution in [0.4, 0.5) is 26.3 Å². The molecular formula is C8H7F6GaO3S. The number of alkyl halides is 6. The Morgan fingerprint density at radius 1 is 0.842 bits per heavy atom. The van der Waals surface area contributed by atoms with Crippen LogP contribution in [0.5, 0.6) is 0 Å². The van der Waals surface area contributed by atoms with Crippen LogP contribution in [0.2, 0.25) is 0 Å². The van der Waals surface area contributed by atoms with Gasteiger partial charge in [-0.3, -0.25) is 4.55 Å². The van der Waals surface area contributed by atoms with Crippen molar-refractivity contribution in [3.05, 3.63) is 29.3 Å². The van der Waals surface area contributed by atoms with Crippen LogP contribution in [0.15, 0.2) is 23.1 Å². The van der Waals surface area contributed by atoms with Gasteiger partial charge in [0.1, 0.15) is 0 Å². The second-order valence-corrected chi connectivity index (χ2v) is 4.64. The third kappa shape index (κ3) is 4.74. The molecule has 108 valence electrons. The van der Waals surface area contributed by atoms with Gasteiger partial charge >= 0.3 is 32.1 Å². The minimum absolute atomic E-state index is 0. The summed E-state index contributed by atoms with van der Waals surface area (Å²) in [6, 6.07) is -0.399. The van der Waals surface area contributed by atoms with Gasteiger partial charge in [-0.1, -0.05) is 0 Å². The number of halogens is 6. The Bertz CT molecular complexity index is 531. The Hall–Kier alpha value is -0.654. The van der Waals surface area contributed by atoms with Crippen LogP contribution >= 0.6 is 0 Å². The summed E-state index contributed by atoms with van der Waals surface area (Å²) in [6.45, 7) is 0. The fourth-order valence-corrected chi connectivity index (χ4v) is 1.63. The molecule has 11 heteroatoms. The van der Waals surface area contributed by atoms with Crippen molar-refractivity contribution in [1.82, 2.24) is 0 Å². The topological polar surface area (TPSA) is 54.4 Å². The van der Waals surface area contributed by atoms with Crippen molar-refractivity contribution < 1.29 is 39.3 Å². The van der Waals surface area contributed by atoms with Crippen molar-refractivity contribution in [1.29, 1.82) is 0 Å².